The molecule has 3 aliphatic carbocycles. The highest BCUT2D eigenvalue weighted by atomic mass is 19.3. The van der Waals surface area contributed by atoms with Gasteiger partial charge >= 0.3 is 5.92 Å². The third kappa shape index (κ3) is 3.80. The minimum Gasteiger partial charge on any atom is -0.384 e. The van der Waals surface area contributed by atoms with Crippen molar-refractivity contribution in [3.05, 3.63) is 58.6 Å². The summed E-state index contributed by atoms with van der Waals surface area (Å²) in [5, 5.41) is 13.8. The summed E-state index contributed by atoms with van der Waals surface area (Å²) in [6.07, 6.45) is 7.24. The maximum atomic E-state index is 13.5. The Morgan fingerprint density at radius 1 is 1.12 bits per heavy atom. The zero-order chi connectivity index (χ0) is 22.4. The van der Waals surface area contributed by atoms with Crippen LogP contribution in [0.25, 0.3) is 11.1 Å². The van der Waals surface area contributed by atoms with Crippen molar-refractivity contribution in [3.63, 3.8) is 0 Å². The Labute approximate surface area is 183 Å². The van der Waals surface area contributed by atoms with Crippen LogP contribution in [-0.4, -0.2) is 26.9 Å². The van der Waals surface area contributed by atoms with Crippen molar-refractivity contribution in [3.8, 4) is 11.1 Å². The zero-order valence-corrected chi connectivity index (χ0v) is 17.8. The molecule has 0 radical (unpaired) electrons. The van der Waals surface area contributed by atoms with Crippen LogP contribution in [0.15, 0.2) is 45.8 Å². The number of fused-ring (bicyclic) bond motifs is 3. The maximum absolute atomic E-state index is 13.5. The molecule has 2 N–H and O–H groups in total. The van der Waals surface area contributed by atoms with Gasteiger partial charge in [0.2, 0.25) is 0 Å². The number of alkyl halides is 2. The van der Waals surface area contributed by atoms with Gasteiger partial charge in [0.25, 0.3) is 11.4 Å². The van der Waals surface area contributed by atoms with Crippen LogP contribution in [0.1, 0.15) is 57.2 Å². The fourth-order valence-corrected chi connectivity index (χ4v) is 5.11. The van der Waals surface area contributed by atoms with Gasteiger partial charge in [-0.15, -0.1) is 0 Å². The third-order valence-corrected chi connectivity index (χ3v) is 7.21. The monoisotopic (exact) mass is 441 g/mol. The van der Waals surface area contributed by atoms with Crippen LogP contribution in [0.5, 0.6) is 0 Å². The fraction of sp³-hybridized carbons (Fsp3) is 0.478. The minimum absolute atomic E-state index is 0.171. The largest absolute Gasteiger partial charge is 0.384 e. The Kier molecular flexibility index (Phi) is 4.87. The lowest BCUT2D eigenvalue weighted by Crippen LogP contribution is -2.47. The van der Waals surface area contributed by atoms with Crippen molar-refractivity contribution >= 4 is 5.69 Å². The number of anilines is 1. The van der Waals surface area contributed by atoms with Gasteiger partial charge < -0.3 is 9.84 Å². The molecule has 3 aromatic rings. The zero-order valence-electron chi connectivity index (χ0n) is 17.8. The summed E-state index contributed by atoms with van der Waals surface area (Å²) < 4.78 is 31.9. The first-order chi connectivity index (χ1) is 15.3. The smallest absolute Gasteiger partial charge is 0.322 e. The van der Waals surface area contributed by atoms with Crippen molar-refractivity contribution in [1.82, 2.24) is 20.3 Å². The summed E-state index contributed by atoms with van der Waals surface area (Å²) in [5.41, 5.74) is 2.38. The van der Waals surface area contributed by atoms with Gasteiger partial charge in [0.15, 0.2) is 5.82 Å². The highest BCUT2D eigenvalue weighted by Gasteiger charge is 2.52. The predicted molar refractivity (Wildman–Crippen MR) is 114 cm³/mol. The molecule has 0 amide bonds. The molecular weight excluding hydrogens is 416 g/mol. The Morgan fingerprint density at radius 2 is 1.88 bits per heavy atom. The number of nitrogens with zero attached hydrogens (tertiary/aromatic N) is 3. The van der Waals surface area contributed by atoms with E-state index in [1.807, 2.05) is 24.3 Å². The molecule has 0 aliphatic heterocycles. The van der Waals surface area contributed by atoms with Crippen LogP contribution in [0.2, 0.25) is 0 Å². The summed E-state index contributed by atoms with van der Waals surface area (Å²) in [7, 11) is 0. The van der Waals surface area contributed by atoms with Crippen molar-refractivity contribution in [2.45, 2.75) is 56.8 Å². The Morgan fingerprint density at radius 3 is 2.53 bits per heavy atom. The normalized spacial score (nSPS) is 25.1. The molecule has 1 aromatic carbocycles. The number of benzene rings is 1. The molecule has 32 heavy (non-hydrogen) atoms. The summed E-state index contributed by atoms with van der Waals surface area (Å²) in [6, 6.07) is 9.48. The van der Waals surface area contributed by atoms with E-state index in [0.717, 1.165) is 68.8 Å². The van der Waals surface area contributed by atoms with Gasteiger partial charge in [-0.1, -0.05) is 17.3 Å². The molecule has 7 nitrogen and oxygen atoms in total. The highest BCUT2D eigenvalue weighted by molar-refractivity contribution is 5.67. The van der Waals surface area contributed by atoms with Gasteiger partial charge in [-0.25, -0.2) is 5.10 Å². The molecule has 0 saturated heterocycles. The Balaban J connectivity index is 1.26. The topological polar surface area (TPSA) is 96.7 Å². The second-order valence-electron chi connectivity index (χ2n) is 9.36. The van der Waals surface area contributed by atoms with E-state index in [1.165, 1.54) is 6.07 Å². The molecule has 0 spiro atoms. The lowest BCUT2D eigenvalue weighted by molar-refractivity contribution is -0.0158. The van der Waals surface area contributed by atoms with Gasteiger partial charge in [-0.2, -0.15) is 18.9 Å². The molecular formula is C23H25F2N5O2. The van der Waals surface area contributed by atoms with Crippen molar-refractivity contribution in [2.75, 3.05) is 11.9 Å². The van der Waals surface area contributed by atoms with Crippen LogP contribution in [-0.2, 0) is 11.3 Å². The van der Waals surface area contributed by atoms with Gasteiger partial charge in [0, 0.05) is 36.2 Å². The van der Waals surface area contributed by atoms with E-state index in [9.17, 15) is 13.6 Å². The maximum Gasteiger partial charge on any atom is 0.322 e. The van der Waals surface area contributed by atoms with Gasteiger partial charge in [0.1, 0.15) is 0 Å². The molecule has 9 heteroatoms. The highest BCUT2D eigenvalue weighted by Crippen LogP contribution is 2.57. The molecule has 3 saturated carbocycles. The molecule has 3 fully saturated rings. The fourth-order valence-electron chi connectivity index (χ4n) is 5.11. The van der Waals surface area contributed by atoms with Crippen molar-refractivity contribution < 1.29 is 13.3 Å². The van der Waals surface area contributed by atoms with Crippen LogP contribution < -0.4 is 10.9 Å². The molecule has 168 valence electrons. The standard InChI is InChI=1S/C23H25F2N5O2/c1-21(24,25)20-28-19(30-32-20)23-8-5-22(6-9-23,7-10-23)14-26-17-4-2-3-15(11-17)16-12-18(31)29-27-13-16/h2-4,11-13,26H,5-10,14H2,1H3,(H,29,31). The minimum atomic E-state index is -3.11. The molecule has 2 bridgehead atoms. The first kappa shape index (κ1) is 20.8. The number of hydrogen-bond acceptors (Lipinski definition) is 6. The summed E-state index contributed by atoms with van der Waals surface area (Å²) in [4.78, 5) is 15.6. The van der Waals surface area contributed by atoms with Crippen molar-refractivity contribution in [1.29, 1.82) is 0 Å². The van der Waals surface area contributed by atoms with Gasteiger partial charge in [0.05, 0.1) is 6.20 Å². The Bertz CT molecular complexity index is 1160. The number of nitrogens with one attached hydrogen (secondary N) is 2. The third-order valence-electron chi connectivity index (χ3n) is 7.21. The van der Waals surface area contributed by atoms with E-state index in [-0.39, 0.29) is 16.4 Å². The van der Waals surface area contributed by atoms with E-state index < -0.39 is 11.8 Å². The summed E-state index contributed by atoms with van der Waals surface area (Å²) in [6.45, 7) is 1.62. The molecule has 0 unspecified atom stereocenters. The van der Waals surface area contributed by atoms with Crippen LogP contribution in [0.4, 0.5) is 14.5 Å². The molecule has 2 aromatic heterocycles. The SMILES string of the molecule is CC(F)(F)c1nc(C23CCC(CNc4cccc(-c5cn[nH]c(=O)c5)c4)(CC2)CC3)no1. The number of H-pyrrole nitrogens is 1. The average molecular weight is 441 g/mol. The van der Waals surface area contributed by atoms with Crippen LogP contribution in [0, 0.1) is 5.41 Å². The van der Waals surface area contributed by atoms with Crippen LogP contribution in [0.3, 0.4) is 0 Å². The lowest BCUT2D eigenvalue weighted by Gasteiger charge is -2.52. The van der Waals surface area contributed by atoms with E-state index in [2.05, 4.69) is 25.7 Å². The number of aromatic amines is 1. The van der Waals surface area contributed by atoms with Crippen LogP contribution >= 0.6 is 0 Å². The van der Waals surface area contributed by atoms with Gasteiger partial charge in [-0.3, -0.25) is 4.79 Å². The molecule has 3 aliphatic rings. The van der Waals surface area contributed by atoms with E-state index in [4.69, 9.17) is 4.52 Å². The van der Waals surface area contributed by atoms with E-state index >= 15 is 0 Å². The predicted octanol–water partition coefficient (Wildman–Crippen LogP) is 4.64. The Hall–Kier alpha value is -3.10. The van der Waals surface area contributed by atoms with E-state index in [1.54, 1.807) is 6.20 Å². The number of hydrogen-bond donors (Lipinski definition) is 2. The van der Waals surface area contributed by atoms with E-state index in [0.29, 0.717) is 5.82 Å². The first-order valence-electron chi connectivity index (χ1n) is 10.9. The van der Waals surface area contributed by atoms with Crippen molar-refractivity contribution in [2.24, 2.45) is 5.41 Å². The first-order valence-corrected chi connectivity index (χ1v) is 10.9. The number of aromatic nitrogens is 4. The lowest BCUT2D eigenvalue weighted by atomic mass is 9.53. The molecule has 0 atom stereocenters. The quantitative estimate of drug-likeness (QED) is 0.579. The summed E-state index contributed by atoms with van der Waals surface area (Å²) in [5.74, 6) is -3.27. The second kappa shape index (κ2) is 7.50. The summed E-state index contributed by atoms with van der Waals surface area (Å²) >= 11 is 0. The number of halogens is 2. The second-order valence-corrected chi connectivity index (χ2v) is 9.36. The average Bonchev–Trinajstić information content (AvgIpc) is 3.31. The number of rotatable bonds is 6. The molecule has 6 rings (SSSR count). The van der Waals surface area contributed by atoms with Gasteiger partial charge in [-0.05, 0) is 61.6 Å². The molecule has 2 heterocycles.